The Morgan fingerprint density at radius 3 is 1.37 bits per heavy atom. The van der Waals surface area contributed by atoms with Crippen LogP contribution in [0.15, 0.2) is 80.2 Å². The van der Waals surface area contributed by atoms with E-state index in [-0.39, 0.29) is 11.4 Å². The quantitative estimate of drug-likeness (QED) is 0.347. The van der Waals surface area contributed by atoms with E-state index in [9.17, 15) is 9.59 Å². The second kappa shape index (κ2) is 7.17. The zero-order chi connectivity index (χ0) is 20.5. The molecule has 5 aromatic rings. The lowest BCUT2D eigenvalue weighted by Crippen LogP contribution is -1.99. The summed E-state index contributed by atoms with van der Waals surface area (Å²) in [6.45, 7) is 0. The number of rotatable bonds is 4. The Morgan fingerprint density at radius 2 is 0.933 bits per heavy atom. The Hall–Kier alpha value is -4.46. The molecule has 0 aliphatic heterocycles. The van der Waals surface area contributed by atoms with Crippen molar-refractivity contribution >= 4 is 45.9 Å². The van der Waals surface area contributed by atoms with Gasteiger partial charge in [-0.05, 0) is 47.5 Å². The highest BCUT2D eigenvalue weighted by atomic mass is 16.1. The highest BCUT2D eigenvalue weighted by Crippen LogP contribution is 2.18. The smallest absolute Gasteiger partial charge is 0.306 e. The average Bonchev–Trinajstić information content (AvgIpc) is 3.30. The fourth-order valence-corrected chi connectivity index (χ4v) is 3.17. The number of nitrogens with one attached hydrogen (secondary N) is 4. The minimum absolute atomic E-state index is 0.232. The lowest BCUT2D eigenvalue weighted by Gasteiger charge is -1.98. The highest BCUT2D eigenvalue weighted by Gasteiger charge is 2.00. The molecule has 2 heterocycles. The number of hydrogen-bond donors (Lipinski definition) is 4. The minimum atomic E-state index is -0.232. The molecule has 3 aromatic carbocycles. The van der Waals surface area contributed by atoms with E-state index in [1.807, 2.05) is 60.7 Å². The molecule has 0 spiro atoms. The topological polar surface area (TPSA) is 122 Å². The molecule has 0 bridgehead atoms. The van der Waals surface area contributed by atoms with E-state index in [0.717, 1.165) is 44.6 Å². The summed E-state index contributed by atoms with van der Waals surface area (Å²) in [6, 6.07) is 18.8. The van der Waals surface area contributed by atoms with E-state index in [2.05, 4.69) is 29.9 Å². The Kier molecular flexibility index (Phi) is 4.21. The highest BCUT2D eigenvalue weighted by molar-refractivity contribution is 5.88. The van der Waals surface area contributed by atoms with Gasteiger partial charge in [-0.15, -0.1) is 0 Å². The zero-order valence-electron chi connectivity index (χ0n) is 15.6. The van der Waals surface area contributed by atoms with Crippen molar-refractivity contribution in [2.24, 2.45) is 9.98 Å². The van der Waals surface area contributed by atoms with Crippen LogP contribution in [0.4, 0.5) is 11.4 Å². The van der Waals surface area contributed by atoms with E-state index >= 15 is 0 Å². The number of aromatic nitrogens is 4. The van der Waals surface area contributed by atoms with E-state index < -0.39 is 0 Å². The molecule has 5 rings (SSSR count). The molecule has 0 atom stereocenters. The maximum atomic E-state index is 11.3. The van der Waals surface area contributed by atoms with Crippen molar-refractivity contribution in [2.45, 2.75) is 0 Å². The van der Waals surface area contributed by atoms with Gasteiger partial charge >= 0.3 is 11.4 Å². The molecule has 0 amide bonds. The Morgan fingerprint density at radius 1 is 0.533 bits per heavy atom. The van der Waals surface area contributed by atoms with Crippen LogP contribution < -0.4 is 11.4 Å². The van der Waals surface area contributed by atoms with Crippen LogP contribution in [0.1, 0.15) is 11.1 Å². The molecule has 30 heavy (non-hydrogen) atoms. The summed E-state index contributed by atoms with van der Waals surface area (Å²) in [5, 5.41) is 0. The van der Waals surface area contributed by atoms with Crippen LogP contribution in [0.2, 0.25) is 0 Å². The molecule has 8 nitrogen and oxygen atoms in total. The third-order valence-electron chi connectivity index (χ3n) is 4.66. The molecule has 0 fully saturated rings. The molecule has 0 saturated carbocycles. The first kappa shape index (κ1) is 17.6. The number of aliphatic imine (C=N–C) groups is 2. The lowest BCUT2D eigenvalue weighted by atomic mass is 10.1. The molecule has 0 aliphatic rings. The third kappa shape index (κ3) is 3.61. The molecule has 0 aliphatic carbocycles. The van der Waals surface area contributed by atoms with Crippen LogP contribution in [-0.2, 0) is 0 Å². The monoisotopic (exact) mass is 396 g/mol. The van der Waals surface area contributed by atoms with Crippen LogP contribution in [-0.4, -0.2) is 32.4 Å². The number of hydrogen-bond acceptors (Lipinski definition) is 4. The molecular weight excluding hydrogens is 380 g/mol. The van der Waals surface area contributed by atoms with Crippen molar-refractivity contribution < 1.29 is 0 Å². The number of fused-ring (bicyclic) bond motifs is 2. The minimum Gasteiger partial charge on any atom is -0.306 e. The Balaban J connectivity index is 1.31. The van der Waals surface area contributed by atoms with Gasteiger partial charge in [-0.2, -0.15) is 0 Å². The first-order valence-electron chi connectivity index (χ1n) is 9.25. The van der Waals surface area contributed by atoms with Gasteiger partial charge < -0.3 is 19.9 Å². The molecule has 8 heteroatoms. The van der Waals surface area contributed by atoms with Crippen LogP contribution in [0, 0.1) is 0 Å². The van der Waals surface area contributed by atoms with Crippen molar-refractivity contribution in [1.82, 2.24) is 19.9 Å². The van der Waals surface area contributed by atoms with Crippen molar-refractivity contribution in [3.05, 3.63) is 92.8 Å². The van der Waals surface area contributed by atoms with Crippen LogP contribution in [0.25, 0.3) is 22.1 Å². The number of nitrogens with zero attached hydrogens (tertiary/aromatic N) is 2. The normalized spacial score (nSPS) is 12.0. The SMILES string of the molecule is O=c1[nH]c2ccc(N=Cc3ccc(C=Nc4ccc5[nH]c(=O)[nH]c5c4)cc3)cc2[nH]1. The summed E-state index contributed by atoms with van der Waals surface area (Å²) < 4.78 is 0. The van der Waals surface area contributed by atoms with Crippen molar-refractivity contribution in [3.63, 3.8) is 0 Å². The lowest BCUT2D eigenvalue weighted by molar-refractivity contribution is 1.21. The van der Waals surface area contributed by atoms with Crippen molar-refractivity contribution in [3.8, 4) is 0 Å². The molecule has 146 valence electrons. The van der Waals surface area contributed by atoms with Gasteiger partial charge in [0, 0.05) is 12.4 Å². The molecule has 0 saturated heterocycles. The molecule has 0 unspecified atom stereocenters. The molecule has 0 radical (unpaired) electrons. The van der Waals surface area contributed by atoms with Gasteiger partial charge in [0.15, 0.2) is 0 Å². The van der Waals surface area contributed by atoms with Gasteiger partial charge in [-0.3, -0.25) is 9.98 Å². The zero-order valence-corrected chi connectivity index (χ0v) is 15.6. The number of H-pyrrole nitrogens is 4. The molecule has 4 N–H and O–H groups in total. The van der Waals surface area contributed by atoms with Gasteiger partial charge in [0.05, 0.1) is 33.4 Å². The average molecular weight is 396 g/mol. The van der Waals surface area contributed by atoms with Crippen LogP contribution >= 0.6 is 0 Å². The van der Waals surface area contributed by atoms with Crippen molar-refractivity contribution in [1.29, 1.82) is 0 Å². The largest absolute Gasteiger partial charge is 0.323 e. The van der Waals surface area contributed by atoms with Gasteiger partial charge in [0.25, 0.3) is 0 Å². The van der Waals surface area contributed by atoms with E-state index in [1.54, 1.807) is 12.4 Å². The molecule has 2 aromatic heterocycles. The molecular formula is C22H16N6O2. The van der Waals surface area contributed by atoms with Gasteiger partial charge in [0.1, 0.15) is 0 Å². The fourth-order valence-electron chi connectivity index (χ4n) is 3.17. The summed E-state index contributed by atoms with van der Waals surface area (Å²) in [5.41, 5.74) is 5.89. The summed E-state index contributed by atoms with van der Waals surface area (Å²) >= 11 is 0. The predicted molar refractivity (Wildman–Crippen MR) is 119 cm³/mol. The standard InChI is InChI=1S/C22H16N6O2/c29-21-25-17-7-5-15(9-19(17)27-21)23-11-13-1-2-14(4-3-13)12-24-16-6-8-18-20(10-16)28-22(30)26-18/h1-12H,(H2,25,27,29)(H2,26,28,30). The fraction of sp³-hybridized carbons (Fsp3) is 0. The summed E-state index contributed by atoms with van der Waals surface area (Å²) in [6.07, 6.45) is 3.53. The second-order valence-corrected chi connectivity index (χ2v) is 6.80. The van der Waals surface area contributed by atoms with Gasteiger partial charge in [0.2, 0.25) is 0 Å². The summed E-state index contributed by atoms with van der Waals surface area (Å²) in [7, 11) is 0. The summed E-state index contributed by atoms with van der Waals surface area (Å²) in [4.78, 5) is 42.5. The number of aromatic amines is 4. The van der Waals surface area contributed by atoms with E-state index in [4.69, 9.17) is 0 Å². The summed E-state index contributed by atoms with van der Waals surface area (Å²) in [5.74, 6) is 0. The first-order valence-corrected chi connectivity index (χ1v) is 9.25. The second-order valence-electron chi connectivity index (χ2n) is 6.80. The van der Waals surface area contributed by atoms with E-state index in [1.165, 1.54) is 0 Å². The van der Waals surface area contributed by atoms with Crippen LogP contribution in [0.3, 0.4) is 0 Å². The Labute approximate surface area is 169 Å². The maximum Gasteiger partial charge on any atom is 0.323 e. The van der Waals surface area contributed by atoms with Gasteiger partial charge in [-0.25, -0.2) is 9.59 Å². The predicted octanol–water partition coefficient (Wildman–Crippen LogP) is 3.53. The maximum absolute atomic E-state index is 11.3. The number of benzene rings is 3. The number of imidazole rings is 2. The van der Waals surface area contributed by atoms with E-state index in [0.29, 0.717) is 0 Å². The van der Waals surface area contributed by atoms with Crippen LogP contribution in [0.5, 0.6) is 0 Å². The van der Waals surface area contributed by atoms with Gasteiger partial charge in [-0.1, -0.05) is 24.3 Å². The first-order chi connectivity index (χ1) is 14.6. The Bertz CT molecular complexity index is 1410. The third-order valence-corrected chi connectivity index (χ3v) is 4.66. The van der Waals surface area contributed by atoms with Crippen molar-refractivity contribution in [2.75, 3.05) is 0 Å².